The van der Waals surface area contributed by atoms with Crippen LogP contribution in [-0.4, -0.2) is 30.0 Å². The summed E-state index contributed by atoms with van der Waals surface area (Å²) >= 11 is 0. The van der Waals surface area contributed by atoms with Gasteiger partial charge in [-0.05, 0) is 44.4 Å². The lowest BCUT2D eigenvalue weighted by Gasteiger charge is -2.11. The van der Waals surface area contributed by atoms with Crippen LogP contribution in [0.3, 0.4) is 0 Å². The van der Waals surface area contributed by atoms with E-state index >= 15 is 0 Å². The molecule has 0 spiro atoms. The molecular weight excluding hydrogens is 258 g/mol. The van der Waals surface area contributed by atoms with E-state index in [0.29, 0.717) is 23.7 Å². The molecule has 6 nitrogen and oxygen atoms in total. The zero-order valence-electron chi connectivity index (χ0n) is 11.5. The van der Waals surface area contributed by atoms with Crippen LogP contribution >= 0.6 is 0 Å². The predicted octanol–water partition coefficient (Wildman–Crippen LogP) is 1.78. The van der Waals surface area contributed by atoms with Crippen molar-refractivity contribution >= 4 is 11.6 Å². The molecule has 0 radical (unpaired) electrons. The molecule has 1 aliphatic heterocycles. The van der Waals surface area contributed by atoms with E-state index in [9.17, 15) is 14.9 Å². The van der Waals surface area contributed by atoms with Crippen molar-refractivity contribution in [3.8, 4) is 0 Å². The summed E-state index contributed by atoms with van der Waals surface area (Å²) in [6.07, 6.45) is 3.22. The molecule has 20 heavy (non-hydrogen) atoms. The molecule has 108 valence electrons. The number of hydrogen-bond donors (Lipinski definition) is 2. The standard InChI is InChI=1S/C14H19N3O3/c1-10-7-11(9-13(8-10)17(19)20)14(18)16-6-4-12-3-2-5-15-12/h7-9,12,15H,2-6H2,1H3,(H,16,18)/t12-/m0/s1. The lowest BCUT2D eigenvalue weighted by Crippen LogP contribution is -2.30. The molecule has 0 aromatic heterocycles. The van der Waals surface area contributed by atoms with Crippen LogP contribution in [0.5, 0.6) is 0 Å². The highest BCUT2D eigenvalue weighted by atomic mass is 16.6. The number of hydrogen-bond acceptors (Lipinski definition) is 4. The number of carbonyl (C=O) groups is 1. The average Bonchev–Trinajstić information content (AvgIpc) is 2.91. The maximum Gasteiger partial charge on any atom is 0.270 e. The Labute approximate surface area is 117 Å². The number of nitro benzene ring substituents is 1. The van der Waals surface area contributed by atoms with Gasteiger partial charge in [-0.1, -0.05) is 0 Å². The molecule has 1 atom stereocenters. The Kier molecular flexibility index (Phi) is 4.68. The summed E-state index contributed by atoms with van der Waals surface area (Å²) < 4.78 is 0. The molecule has 0 bridgehead atoms. The highest BCUT2D eigenvalue weighted by molar-refractivity contribution is 5.95. The van der Waals surface area contributed by atoms with Gasteiger partial charge in [-0.2, -0.15) is 0 Å². The number of amides is 1. The number of benzene rings is 1. The van der Waals surface area contributed by atoms with Gasteiger partial charge in [0.05, 0.1) is 4.92 Å². The summed E-state index contributed by atoms with van der Waals surface area (Å²) in [6, 6.07) is 4.91. The maximum atomic E-state index is 12.0. The van der Waals surface area contributed by atoms with Crippen LogP contribution in [0.1, 0.15) is 35.2 Å². The molecule has 1 amide bonds. The number of carbonyl (C=O) groups excluding carboxylic acids is 1. The second kappa shape index (κ2) is 6.47. The molecule has 2 rings (SSSR count). The first-order chi connectivity index (χ1) is 9.56. The lowest BCUT2D eigenvalue weighted by molar-refractivity contribution is -0.384. The van der Waals surface area contributed by atoms with Crippen molar-refractivity contribution in [2.24, 2.45) is 0 Å². The van der Waals surface area contributed by atoms with Gasteiger partial charge < -0.3 is 10.6 Å². The van der Waals surface area contributed by atoms with Gasteiger partial charge in [0.1, 0.15) is 0 Å². The Morgan fingerprint density at radius 2 is 2.30 bits per heavy atom. The lowest BCUT2D eigenvalue weighted by atomic mass is 10.1. The van der Waals surface area contributed by atoms with Gasteiger partial charge in [-0.25, -0.2) is 0 Å². The van der Waals surface area contributed by atoms with Crippen LogP contribution < -0.4 is 10.6 Å². The number of rotatable bonds is 5. The van der Waals surface area contributed by atoms with E-state index in [-0.39, 0.29) is 11.6 Å². The maximum absolute atomic E-state index is 12.0. The number of non-ortho nitro benzene ring substituents is 1. The zero-order chi connectivity index (χ0) is 14.5. The van der Waals surface area contributed by atoms with Crippen LogP contribution in [0.4, 0.5) is 5.69 Å². The Hall–Kier alpha value is -1.95. The summed E-state index contributed by atoms with van der Waals surface area (Å²) in [4.78, 5) is 22.3. The van der Waals surface area contributed by atoms with Crippen LogP contribution in [0.15, 0.2) is 18.2 Å². The van der Waals surface area contributed by atoms with E-state index in [2.05, 4.69) is 10.6 Å². The van der Waals surface area contributed by atoms with Crippen molar-refractivity contribution in [1.82, 2.24) is 10.6 Å². The van der Waals surface area contributed by atoms with Crippen LogP contribution in [0.2, 0.25) is 0 Å². The zero-order valence-corrected chi connectivity index (χ0v) is 11.5. The van der Waals surface area contributed by atoms with E-state index in [1.807, 2.05) is 0 Å². The SMILES string of the molecule is Cc1cc(C(=O)NCC[C@@H]2CCCN2)cc([N+](=O)[O-])c1. The van der Waals surface area contributed by atoms with Crippen molar-refractivity contribution in [2.75, 3.05) is 13.1 Å². The van der Waals surface area contributed by atoms with Crippen molar-refractivity contribution in [2.45, 2.75) is 32.2 Å². The van der Waals surface area contributed by atoms with Crippen molar-refractivity contribution in [1.29, 1.82) is 0 Å². The fourth-order valence-electron chi connectivity index (χ4n) is 2.46. The van der Waals surface area contributed by atoms with Gasteiger partial charge in [-0.15, -0.1) is 0 Å². The van der Waals surface area contributed by atoms with Crippen LogP contribution in [-0.2, 0) is 0 Å². The highest BCUT2D eigenvalue weighted by Crippen LogP contribution is 2.16. The van der Waals surface area contributed by atoms with E-state index in [1.54, 1.807) is 13.0 Å². The monoisotopic (exact) mass is 277 g/mol. The Bertz CT molecular complexity index is 510. The topological polar surface area (TPSA) is 84.3 Å². The second-order valence-corrected chi connectivity index (χ2v) is 5.15. The molecule has 1 aromatic carbocycles. The second-order valence-electron chi connectivity index (χ2n) is 5.15. The minimum absolute atomic E-state index is 0.0485. The normalized spacial score (nSPS) is 17.9. The van der Waals surface area contributed by atoms with Gasteiger partial charge in [0.2, 0.25) is 0 Å². The largest absolute Gasteiger partial charge is 0.352 e. The van der Waals surface area contributed by atoms with E-state index in [0.717, 1.165) is 19.4 Å². The molecule has 2 N–H and O–H groups in total. The molecule has 1 heterocycles. The molecule has 1 aliphatic rings. The van der Waals surface area contributed by atoms with Crippen molar-refractivity contribution in [3.05, 3.63) is 39.4 Å². The minimum Gasteiger partial charge on any atom is -0.352 e. The number of nitrogens with zero attached hydrogens (tertiary/aromatic N) is 1. The highest BCUT2D eigenvalue weighted by Gasteiger charge is 2.15. The average molecular weight is 277 g/mol. The first-order valence-corrected chi connectivity index (χ1v) is 6.84. The number of nitrogens with one attached hydrogen (secondary N) is 2. The summed E-state index contributed by atoms with van der Waals surface area (Å²) in [7, 11) is 0. The summed E-state index contributed by atoms with van der Waals surface area (Å²) in [5.74, 6) is -0.255. The first-order valence-electron chi connectivity index (χ1n) is 6.84. The Morgan fingerprint density at radius 1 is 1.50 bits per heavy atom. The summed E-state index contributed by atoms with van der Waals surface area (Å²) in [5, 5.41) is 17.0. The van der Waals surface area contributed by atoms with Gasteiger partial charge in [-0.3, -0.25) is 14.9 Å². The van der Waals surface area contributed by atoms with Crippen LogP contribution in [0.25, 0.3) is 0 Å². The first kappa shape index (κ1) is 14.5. The molecule has 1 fully saturated rings. The van der Waals surface area contributed by atoms with E-state index in [4.69, 9.17) is 0 Å². The fourth-order valence-corrected chi connectivity index (χ4v) is 2.46. The molecule has 0 aliphatic carbocycles. The van der Waals surface area contributed by atoms with E-state index < -0.39 is 4.92 Å². The third-order valence-corrected chi connectivity index (χ3v) is 3.48. The smallest absolute Gasteiger partial charge is 0.270 e. The summed E-state index contributed by atoms with van der Waals surface area (Å²) in [5.41, 5.74) is 1.01. The van der Waals surface area contributed by atoms with E-state index in [1.165, 1.54) is 18.6 Å². The van der Waals surface area contributed by atoms with Crippen LogP contribution in [0, 0.1) is 17.0 Å². The van der Waals surface area contributed by atoms with Gasteiger partial charge in [0.25, 0.3) is 11.6 Å². The fraction of sp³-hybridized carbons (Fsp3) is 0.500. The molecular formula is C14H19N3O3. The summed E-state index contributed by atoms with van der Waals surface area (Å²) in [6.45, 7) is 3.37. The van der Waals surface area contributed by atoms with Gasteiger partial charge in [0.15, 0.2) is 0 Å². The van der Waals surface area contributed by atoms with Gasteiger partial charge in [0, 0.05) is 30.3 Å². The Balaban J connectivity index is 1.92. The molecule has 1 saturated heterocycles. The third kappa shape index (κ3) is 3.77. The van der Waals surface area contributed by atoms with Crippen molar-refractivity contribution in [3.63, 3.8) is 0 Å². The number of aryl methyl sites for hydroxylation is 1. The quantitative estimate of drug-likeness (QED) is 0.634. The van der Waals surface area contributed by atoms with Gasteiger partial charge >= 0.3 is 0 Å². The minimum atomic E-state index is -0.480. The van der Waals surface area contributed by atoms with Crippen molar-refractivity contribution < 1.29 is 9.72 Å². The molecule has 6 heteroatoms. The third-order valence-electron chi connectivity index (χ3n) is 3.48. The number of nitro groups is 1. The molecule has 0 saturated carbocycles. The predicted molar refractivity (Wildman–Crippen MR) is 75.8 cm³/mol. The Morgan fingerprint density at radius 3 is 2.95 bits per heavy atom. The molecule has 1 aromatic rings. The molecule has 0 unspecified atom stereocenters.